The van der Waals surface area contributed by atoms with Crippen LogP contribution >= 0.6 is 12.2 Å². The Bertz CT molecular complexity index is 179. The fourth-order valence-electron chi connectivity index (χ4n) is 2.33. The third-order valence-electron chi connectivity index (χ3n) is 3.28. The van der Waals surface area contributed by atoms with Crippen molar-refractivity contribution in [3.63, 3.8) is 0 Å². The summed E-state index contributed by atoms with van der Waals surface area (Å²) in [6.45, 7) is 1.06. The van der Waals surface area contributed by atoms with Gasteiger partial charge in [-0.05, 0) is 18.6 Å². The molecule has 0 aromatic carbocycles. The normalized spacial score (nSPS) is 18.2. The van der Waals surface area contributed by atoms with Crippen LogP contribution in [0, 0.1) is 0 Å². The topological polar surface area (TPSA) is 24.1 Å². The number of rotatable bonds is 4. The molecule has 0 aliphatic carbocycles. The summed E-state index contributed by atoms with van der Waals surface area (Å²) in [6.07, 6.45) is 7.33. The van der Waals surface area contributed by atoms with Crippen LogP contribution in [0.5, 0.6) is 0 Å². The third-order valence-corrected chi connectivity index (χ3v) is 7.30. The molecule has 0 radical (unpaired) electrons. The molecule has 1 aliphatic heterocycles. The molecule has 88 valence electrons. The van der Waals surface area contributed by atoms with Gasteiger partial charge in [0.15, 0.2) is 5.11 Å². The molecule has 2 nitrogen and oxygen atoms in total. The minimum absolute atomic E-state index is 0.347. The molecule has 1 aliphatic rings. The van der Waals surface area contributed by atoms with Gasteiger partial charge in [0, 0.05) is 22.4 Å². The summed E-state index contributed by atoms with van der Waals surface area (Å²) in [7, 11) is 1.52. The lowest BCUT2D eigenvalue weighted by molar-refractivity contribution is 0.720. The van der Waals surface area contributed by atoms with Gasteiger partial charge in [0.1, 0.15) is 0 Å². The van der Waals surface area contributed by atoms with E-state index in [2.05, 4.69) is 10.6 Å². The first-order valence-corrected chi connectivity index (χ1v) is 9.14. The number of hydrogen-bond donors (Lipinski definition) is 2. The Morgan fingerprint density at radius 3 is 2.47 bits per heavy atom. The van der Waals surface area contributed by atoms with Crippen molar-refractivity contribution in [1.29, 1.82) is 0 Å². The van der Waals surface area contributed by atoms with Crippen LogP contribution in [0.3, 0.4) is 0 Å². The highest BCUT2D eigenvalue weighted by Gasteiger charge is 2.12. The zero-order valence-electron chi connectivity index (χ0n) is 9.85. The number of thiocarbonyl (C=S) groups is 1. The van der Waals surface area contributed by atoms with Crippen molar-refractivity contribution in [3.05, 3.63) is 0 Å². The van der Waals surface area contributed by atoms with Crippen LogP contribution < -0.4 is 10.6 Å². The molecule has 0 spiro atoms. The molecule has 0 bridgehead atoms. The van der Waals surface area contributed by atoms with Gasteiger partial charge in [0.2, 0.25) is 0 Å². The van der Waals surface area contributed by atoms with Crippen molar-refractivity contribution in [2.45, 2.75) is 50.2 Å². The Balaban J connectivity index is 2.00. The Labute approximate surface area is 101 Å². The Morgan fingerprint density at radius 2 is 1.87 bits per heavy atom. The van der Waals surface area contributed by atoms with Crippen molar-refractivity contribution in [2.75, 3.05) is 13.6 Å². The van der Waals surface area contributed by atoms with Crippen LogP contribution in [0.2, 0.25) is 18.1 Å². The van der Waals surface area contributed by atoms with E-state index in [4.69, 9.17) is 12.2 Å². The molecule has 0 amide bonds. The van der Waals surface area contributed by atoms with E-state index in [1.165, 1.54) is 38.1 Å². The van der Waals surface area contributed by atoms with E-state index >= 15 is 0 Å². The lowest BCUT2D eigenvalue weighted by Gasteiger charge is -2.12. The molecule has 0 unspecified atom stereocenters. The second kappa shape index (κ2) is 8.10. The molecule has 1 heterocycles. The van der Waals surface area contributed by atoms with E-state index in [1.54, 1.807) is 12.1 Å². The molecule has 1 rings (SSSR count). The summed E-state index contributed by atoms with van der Waals surface area (Å²) >= 11 is 5.04. The van der Waals surface area contributed by atoms with Gasteiger partial charge in [-0.15, -0.1) is 0 Å². The maximum Gasteiger partial charge on any atom is 0.166 e. The Kier molecular flexibility index (Phi) is 7.01. The molecule has 4 heteroatoms. The van der Waals surface area contributed by atoms with Gasteiger partial charge in [-0.1, -0.05) is 43.8 Å². The molecular formula is C11H24N2SSi. The van der Waals surface area contributed by atoms with Crippen molar-refractivity contribution >= 4 is 26.1 Å². The molecule has 0 aromatic rings. The summed E-state index contributed by atoms with van der Waals surface area (Å²) in [5, 5.41) is 6.96. The molecule has 2 N–H and O–H groups in total. The Morgan fingerprint density at radius 1 is 1.20 bits per heavy atom. The predicted octanol–water partition coefficient (Wildman–Crippen LogP) is 2.27. The van der Waals surface area contributed by atoms with Crippen LogP contribution in [0.4, 0.5) is 0 Å². The lowest BCUT2D eigenvalue weighted by atomic mass is 10.2. The van der Waals surface area contributed by atoms with Gasteiger partial charge in [0.05, 0.1) is 0 Å². The van der Waals surface area contributed by atoms with Crippen molar-refractivity contribution in [3.8, 4) is 0 Å². The summed E-state index contributed by atoms with van der Waals surface area (Å²) in [6, 6.07) is 4.70. The van der Waals surface area contributed by atoms with Crippen molar-refractivity contribution < 1.29 is 0 Å². The van der Waals surface area contributed by atoms with Gasteiger partial charge in [-0.2, -0.15) is 0 Å². The maximum atomic E-state index is 5.04. The molecule has 0 saturated carbocycles. The first-order chi connectivity index (χ1) is 7.33. The van der Waals surface area contributed by atoms with Crippen molar-refractivity contribution in [1.82, 2.24) is 10.6 Å². The fourth-order valence-corrected chi connectivity index (χ4v) is 5.82. The van der Waals surface area contributed by atoms with Crippen LogP contribution in [0.15, 0.2) is 0 Å². The van der Waals surface area contributed by atoms with E-state index in [1.807, 2.05) is 7.05 Å². The molecule has 1 fully saturated rings. The van der Waals surface area contributed by atoms with Gasteiger partial charge in [-0.25, -0.2) is 0 Å². The lowest BCUT2D eigenvalue weighted by Crippen LogP contribution is -2.33. The summed E-state index contributed by atoms with van der Waals surface area (Å²) < 4.78 is 0. The molecule has 1 saturated heterocycles. The van der Waals surface area contributed by atoms with E-state index in [-0.39, 0.29) is 8.80 Å². The zero-order valence-corrected chi connectivity index (χ0v) is 11.8. The van der Waals surface area contributed by atoms with Crippen LogP contribution in [0.25, 0.3) is 0 Å². The molecule has 0 aromatic heterocycles. The summed E-state index contributed by atoms with van der Waals surface area (Å²) in [5.74, 6) is 0. The Hall–Kier alpha value is -0.0931. The van der Waals surface area contributed by atoms with Gasteiger partial charge in [0.25, 0.3) is 0 Å². The van der Waals surface area contributed by atoms with E-state index in [0.717, 1.165) is 11.7 Å². The van der Waals surface area contributed by atoms with E-state index in [9.17, 15) is 0 Å². The summed E-state index contributed by atoms with van der Waals surface area (Å²) in [5.41, 5.74) is 0. The summed E-state index contributed by atoms with van der Waals surface area (Å²) in [4.78, 5) is 0. The zero-order chi connectivity index (χ0) is 10.9. The van der Waals surface area contributed by atoms with E-state index in [0.29, 0.717) is 0 Å². The van der Waals surface area contributed by atoms with Gasteiger partial charge < -0.3 is 10.6 Å². The second-order valence-electron chi connectivity index (χ2n) is 4.51. The molecule has 15 heavy (non-hydrogen) atoms. The van der Waals surface area contributed by atoms with Gasteiger partial charge >= 0.3 is 0 Å². The smallest absolute Gasteiger partial charge is 0.166 e. The van der Waals surface area contributed by atoms with Crippen molar-refractivity contribution in [2.24, 2.45) is 0 Å². The first kappa shape index (κ1) is 13.0. The second-order valence-corrected chi connectivity index (χ2v) is 8.38. The van der Waals surface area contributed by atoms with E-state index < -0.39 is 0 Å². The first-order valence-electron chi connectivity index (χ1n) is 6.28. The minimum Gasteiger partial charge on any atom is -0.366 e. The quantitative estimate of drug-likeness (QED) is 0.451. The van der Waals surface area contributed by atoms with Crippen LogP contribution in [-0.4, -0.2) is 27.5 Å². The highest BCUT2D eigenvalue weighted by molar-refractivity contribution is 7.80. The maximum absolute atomic E-state index is 5.04. The predicted molar refractivity (Wildman–Crippen MR) is 74.3 cm³/mol. The average Bonchev–Trinajstić information content (AvgIpc) is 2.52. The fraction of sp³-hybridized carbons (Fsp3) is 0.909. The number of nitrogens with one attached hydrogen (secondary N) is 2. The monoisotopic (exact) mass is 244 g/mol. The highest BCUT2D eigenvalue weighted by atomic mass is 32.1. The third kappa shape index (κ3) is 6.15. The number of hydrogen-bond acceptors (Lipinski definition) is 1. The largest absolute Gasteiger partial charge is 0.366 e. The van der Waals surface area contributed by atoms with Crippen LogP contribution in [0.1, 0.15) is 32.1 Å². The molecular weight excluding hydrogens is 220 g/mol. The minimum atomic E-state index is -0.347. The SMILES string of the molecule is CNC(=S)NCCC[SiH]1CCCCCC1. The standard InChI is InChI=1S/C11H24N2SSi/c1-12-11(14)13-7-6-10-15-8-4-2-3-5-9-15/h15H,2-10H2,1H3,(H2,12,13,14). The highest BCUT2D eigenvalue weighted by Crippen LogP contribution is 2.21. The van der Waals surface area contributed by atoms with Crippen LogP contribution in [-0.2, 0) is 0 Å². The van der Waals surface area contributed by atoms with Gasteiger partial charge in [-0.3, -0.25) is 0 Å². The average molecular weight is 244 g/mol. The molecule has 0 atom stereocenters.